The van der Waals surface area contributed by atoms with E-state index in [-0.39, 0.29) is 0 Å². The minimum Gasteiger partial charge on any atom is -0.399 e. The molecule has 1 aliphatic rings. The molecule has 0 radical (unpaired) electrons. The fourth-order valence-electron chi connectivity index (χ4n) is 2.41. The number of aromatic nitrogens is 2. The first-order valence-electron chi connectivity index (χ1n) is 7.02. The summed E-state index contributed by atoms with van der Waals surface area (Å²) in [5.74, 6) is -0.596. The Labute approximate surface area is 139 Å². The zero-order chi connectivity index (χ0) is 16.6. The second-order valence-electron chi connectivity index (χ2n) is 5.47. The summed E-state index contributed by atoms with van der Waals surface area (Å²) in [6, 6.07) is 5.54. The van der Waals surface area contributed by atoms with Crippen molar-refractivity contribution in [3.8, 4) is 0 Å². The number of aryl methyl sites for hydroxylation is 2. The van der Waals surface area contributed by atoms with Crippen molar-refractivity contribution in [2.24, 2.45) is 17.8 Å². The van der Waals surface area contributed by atoms with Gasteiger partial charge in [0.25, 0.3) is 0 Å². The summed E-state index contributed by atoms with van der Waals surface area (Å²) in [6.45, 7) is 1.95. The molecule has 1 unspecified atom stereocenters. The maximum Gasteiger partial charge on any atom is 0.210 e. The van der Waals surface area contributed by atoms with Crippen molar-refractivity contribution in [2.45, 2.75) is 12.7 Å². The number of halogens is 1. The van der Waals surface area contributed by atoms with Crippen molar-refractivity contribution >= 4 is 29.2 Å². The molecule has 2 heterocycles. The van der Waals surface area contributed by atoms with Gasteiger partial charge in [0.2, 0.25) is 5.79 Å². The highest BCUT2D eigenvalue weighted by Gasteiger charge is 2.32. The standard InChI is InChI=1S/C15H18ClN7/c1-9-3-4-10(17)5-12(9)15(18)19-7-13(16)14(22-15)21-11-6-20-23(2)8-11/h3-8,21-22H,17-18H2,1-2H3. The van der Waals surface area contributed by atoms with Gasteiger partial charge in [-0.25, -0.2) is 4.99 Å². The SMILES string of the molecule is Cc1ccc(N)cc1C1(N)N=CC(Cl)=C(Nc2cnn(C)c2)N1. The molecule has 0 spiro atoms. The molecule has 0 fully saturated rings. The summed E-state index contributed by atoms with van der Waals surface area (Å²) in [5.41, 5.74) is 15.5. The number of aliphatic imine (C=N–C) groups is 1. The van der Waals surface area contributed by atoms with E-state index in [0.717, 1.165) is 16.8 Å². The van der Waals surface area contributed by atoms with Crippen LogP contribution in [0.15, 0.2) is 46.4 Å². The zero-order valence-electron chi connectivity index (χ0n) is 12.8. The highest BCUT2D eigenvalue weighted by Crippen LogP contribution is 2.28. The molecule has 3 rings (SSSR count). The summed E-state index contributed by atoms with van der Waals surface area (Å²) in [5, 5.41) is 10.8. The molecular formula is C15H18ClN7. The summed E-state index contributed by atoms with van der Waals surface area (Å²) >= 11 is 6.22. The van der Waals surface area contributed by atoms with Gasteiger partial charge < -0.3 is 16.4 Å². The van der Waals surface area contributed by atoms with Crippen LogP contribution in [0.5, 0.6) is 0 Å². The van der Waals surface area contributed by atoms with E-state index >= 15 is 0 Å². The third-order valence-electron chi connectivity index (χ3n) is 3.58. The Morgan fingerprint density at radius 1 is 1.39 bits per heavy atom. The van der Waals surface area contributed by atoms with E-state index in [0.29, 0.717) is 16.5 Å². The smallest absolute Gasteiger partial charge is 0.210 e. The predicted octanol–water partition coefficient (Wildman–Crippen LogP) is 1.57. The molecular weight excluding hydrogens is 314 g/mol. The van der Waals surface area contributed by atoms with Gasteiger partial charge >= 0.3 is 0 Å². The first-order valence-corrected chi connectivity index (χ1v) is 7.39. The van der Waals surface area contributed by atoms with E-state index in [1.54, 1.807) is 16.9 Å². The van der Waals surface area contributed by atoms with E-state index in [9.17, 15) is 0 Å². The van der Waals surface area contributed by atoms with Gasteiger partial charge in [-0.05, 0) is 24.6 Å². The van der Waals surface area contributed by atoms with E-state index < -0.39 is 5.79 Å². The van der Waals surface area contributed by atoms with Crippen LogP contribution in [0.2, 0.25) is 0 Å². The van der Waals surface area contributed by atoms with Crippen LogP contribution in [-0.4, -0.2) is 16.0 Å². The van der Waals surface area contributed by atoms with Crippen LogP contribution in [0.3, 0.4) is 0 Å². The topological polar surface area (TPSA) is 106 Å². The first kappa shape index (κ1) is 15.4. The summed E-state index contributed by atoms with van der Waals surface area (Å²) in [6.07, 6.45) is 5.04. The second kappa shape index (κ2) is 5.60. The maximum absolute atomic E-state index is 6.44. The summed E-state index contributed by atoms with van der Waals surface area (Å²) < 4.78 is 1.69. The highest BCUT2D eigenvalue weighted by molar-refractivity contribution is 6.40. The van der Waals surface area contributed by atoms with Crippen LogP contribution in [0.4, 0.5) is 11.4 Å². The molecule has 8 heteroatoms. The molecule has 1 atom stereocenters. The predicted molar refractivity (Wildman–Crippen MR) is 92.8 cm³/mol. The minimum atomic E-state index is -1.15. The fraction of sp³-hybridized carbons (Fsp3) is 0.200. The normalized spacial score (nSPS) is 20.5. The average molecular weight is 332 g/mol. The molecule has 23 heavy (non-hydrogen) atoms. The number of hydrogen-bond acceptors (Lipinski definition) is 6. The number of nitrogens with one attached hydrogen (secondary N) is 2. The number of benzene rings is 1. The number of rotatable bonds is 3. The molecule has 1 aliphatic heterocycles. The second-order valence-corrected chi connectivity index (χ2v) is 5.88. The molecule has 0 bridgehead atoms. The number of nitrogens with two attached hydrogens (primary N) is 2. The van der Waals surface area contributed by atoms with E-state index in [2.05, 4.69) is 20.7 Å². The fourth-order valence-corrected chi connectivity index (χ4v) is 2.56. The Bertz CT molecular complexity index is 808. The summed E-state index contributed by atoms with van der Waals surface area (Å²) in [7, 11) is 1.83. The van der Waals surface area contributed by atoms with Gasteiger partial charge in [0.1, 0.15) is 5.82 Å². The first-order chi connectivity index (χ1) is 10.9. The van der Waals surface area contributed by atoms with Crippen LogP contribution in [-0.2, 0) is 12.8 Å². The zero-order valence-corrected chi connectivity index (χ0v) is 13.6. The van der Waals surface area contributed by atoms with E-state index in [1.807, 2.05) is 32.3 Å². The lowest BCUT2D eigenvalue weighted by molar-refractivity contribution is 0.396. The third kappa shape index (κ3) is 3.01. The largest absolute Gasteiger partial charge is 0.399 e. The number of anilines is 2. The lowest BCUT2D eigenvalue weighted by atomic mass is 10.0. The van der Waals surface area contributed by atoms with Gasteiger partial charge in [-0.1, -0.05) is 17.7 Å². The van der Waals surface area contributed by atoms with Crippen molar-refractivity contribution in [3.05, 3.63) is 52.6 Å². The highest BCUT2D eigenvalue weighted by atomic mass is 35.5. The van der Waals surface area contributed by atoms with Crippen LogP contribution >= 0.6 is 11.6 Å². The van der Waals surface area contributed by atoms with Crippen LogP contribution in [0, 0.1) is 6.92 Å². The third-order valence-corrected chi connectivity index (χ3v) is 3.87. The Morgan fingerprint density at radius 2 is 2.17 bits per heavy atom. The Balaban J connectivity index is 1.92. The van der Waals surface area contributed by atoms with Crippen molar-refractivity contribution < 1.29 is 0 Å². The van der Waals surface area contributed by atoms with Crippen molar-refractivity contribution in [1.29, 1.82) is 0 Å². The van der Waals surface area contributed by atoms with Crippen molar-refractivity contribution in [2.75, 3.05) is 11.1 Å². The van der Waals surface area contributed by atoms with Crippen LogP contribution in [0.1, 0.15) is 11.1 Å². The van der Waals surface area contributed by atoms with Crippen LogP contribution in [0.25, 0.3) is 0 Å². The maximum atomic E-state index is 6.44. The lowest BCUT2D eigenvalue weighted by Crippen LogP contribution is -2.52. The van der Waals surface area contributed by atoms with E-state index in [4.69, 9.17) is 23.1 Å². The quantitative estimate of drug-likeness (QED) is 0.639. The monoisotopic (exact) mass is 331 g/mol. The van der Waals surface area contributed by atoms with Crippen molar-refractivity contribution in [1.82, 2.24) is 15.1 Å². The molecule has 0 saturated heterocycles. The van der Waals surface area contributed by atoms with Gasteiger partial charge in [0, 0.05) is 30.7 Å². The molecule has 6 N–H and O–H groups in total. The Kier molecular flexibility index (Phi) is 3.75. The Hall–Kier alpha value is -2.51. The Morgan fingerprint density at radius 3 is 2.87 bits per heavy atom. The van der Waals surface area contributed by atoms with E-state index in [1.165, 1.54) is 6.21 Å². The molecule has 1 aromatic heterocycles. The molecule has 120 valence electrons. The minimum absolute atomic E-state index is 0.427. The average Bonchev–Trinajstić information content (AvgIpc) is 2.91. The van der Waals surface area contributed by atoms with Gasteiger partial charge in [-0.2, -0.15) is 5.10 Å². The molecule has 7 nitrogen and oxygen atoms in total. The number of allylic oxidation sites excluding steroid dienone is 1. The molecule has 0 amide bonds. The number of nitrogen functional groups attached to an aromatic ring is 1. The molecule has 0 saturated carbocycles. The van der Waals surface area contributed by atoms with Crippen LogP contribution < -0.4 is 22.1 Å². The van der Waals surface area contributed by atoms with Gasteiger partial charge in [0.15, 0.2) is 0 Å². The molecule has 2 aromatic rings. The van der Waals surface area contributed by atoms with Gasteiger partial charge in [0.05, 0.1) is 16.9 Å². The lowest BCUT2D eigenvalue weighted by Gasteiger charge is -2.33. The molecule has 1 aromatic carbocycles. The molecule has 0 aliphatic carbocycles. The number of hydrogen-bond donors (Lipinski definition) is 4. The van der Waals surface area contributed by atoms with Crippen molar-refractivity contribution in [3.63, 3.8) is 0 Å². The number of nitrogens with zero attached hydrogens (tertiary/aromatic N) is 3. The summed E-state index contributed by atoms with van der Waals surface area (Å²) in [4.78, 5) is 4.35. The van der Waals surface area contributed by atoms with Gasteiger partial charge in [-0.3, -0.25) is 10.4 Å². The van der Waals surface area contributed by atoms with Gasteiger partial charge in [-0.15, -0.1) is 0 Å².